The van der Waals surface area contributed by atoms with E-state index in [0.29, 0.717) is 12.7 Å². The molecule has 0 fully saturated rings. The predicted molar refractivity (Wildman–Crippen MR) is 58.1 cm³/mol. The van der Waals surface area contributed by atoms with Crippen LogP contribution >= 0.6 is 0 Å². The highest BCUT2D eigenvalue weighted by Crippen LogP contribution is 2.12. The fourth-order valence-electron chi connectivity index (χ4n) is 1.17. The molecule has 0 aliphatic rings. The first-order valence-corrected chi connectivity index (χ1v) is 4.82. The molecule has 2 nitrogen and oxygen atoms in total. The van der Waals surface area contributed by atoms with Gasteiger partial charge in [0, 0.05) is 6.42 Å². The van der Waals surface area contributed by atoms with Gasteiger partial charge in [-0.3, -0.25) is 4.79 Å². The van der Waals surface area contributed by atoms with Crippen molar-refractivity contribution in [2.24, 2.45) is 0 Å². The van der Waals surface area contributed by atoms with Crippen LogP contribution in [-0.4, -0.2) is 12.1 Å². The zero-order valence-corrected chi connectivity index (χ0v) is 8.84. The third kappa shape index (κ3) is 7.47. The van der Waals surface area contributed by atoms with Gasteiger partial charge < -0.3 is 4.79 Å². The summed E-state index contributed by atoms with van der Waals surface area (Å²) < 4.78 is 0. The Morgan fingerprint density at radius 3 is 2.43 bits per heavy atom. The Morgan fingerprint density at radius 2 is 1.93 bits per heavy atom. The number of carbonyl (C=O) groups is 2. The van der Waals surface area contributed by atoms with E-state index in [2.05, 4.69) is 13.2 Å². The highest BCUT2D eigenvalue weighted by Gasteiger charge is 2.03. The van der Waals surface area contributed by atoms with E-state index in [9.17, 15) is 9.59 Å². The molecule has 2 heteroatoms. The Labute approximate surface area is 85.7 Å². The molecule has 0 unspecified atom stereocenters. The van der Waals surface area contributed by atoms with Crippen LogP contribution in [0.3, 0.4) is 0 Å². The zero-order valence-electron chi connectivity index (χ0n) is 8.84. The Hall–Kier alpha value is -1.18. The van der Waals surface area contributed by atoms with Crippen LogP contribution in [0.4, 0.5) is 0 Å². The predicted octanol–water partition coefficient (Wildman–Crippen LogP) is 2.84. The number of hydrogen-bond acceptors (Lipinski definition) is 2. The molecular weight excluding hydrogens is 176 g/mol. The number of carbonyl (C=O) groups excluding carboxylic acids is 2. The van der Waals surface area contributed by atoms with Gasteiger partial charge >= 0.3 is 0 Å². The van der Waals surface area contributed by atoms with Crippen LogP contribution in [0.15, 0.2) is 24.3 Å². The van der Waals surface area contributed by atoms with Gasteiger partial charge in [0.05, 0.1) is 6.42 Å². The number of allylic oxidation sites excluding steroid dienone is 2. The second-order valence-corrected chi connectivity index (χ2v) is 3.65. The van der Waals surface area contributed by atoms with Crippen LogP contribution in [0, 0.1) is 0 Å². The lowest BCUT2D eigenvalue weighted by Gasteiger charge is -2.03. The van der Waals surface area contributed by atoms with Crippen molar-refractivity contribution < 1.29 is 9.59 Å². The normalized spacial score (nSPS) is 9.50. The lowest BCUT2D eigenvalue weighted by molar-refractivity contribution is -0.121. The minimum atomic E-state index is -0.0414. The summed E-state index contributed by atoms with van der Waals surface area (Å²) in [7, 11) is 0. The average Bonchev–Trinajstić information content (AvgIpc) is 2.03. The quantitative estimate of drug-likeness (QED) is 0.338. The van der Waals surface area contributed by atoms with Gasteiger partial charge in [-0.2, -0.15) is 0 Å². The van der Waals surface area contributed by atoms with Crippen molar-refractivity contribution in [2.75, 3.05) is 0 Å². The molecule has 0 aromatic rings. The van der Waals surface area contributed by atoms with E-state index in [4.69, 9.17) is 0 Å². The van der Waals surface area contributed by atoms with Gasteiger partial charge in [0.2, 0.25) is 0 Å². The summed E-state index contributed by atoms with van der Waals surface area (Å²) >= 11 is 0. The lowest BCUT2D eigenvalue weighted by Crippen LogP contribution is -1.99. The highest BCUT2D eigenvalue weighted by molar-refractivity contribution is 5.91. The van der Waals surface area contributed by atoms with Gasteiger partial charge in [0.25, 0.3) is 0 Å². The van der Waals surface area contributed by atoms with Crippen molar-refractivity contribution in [1.29, 1.82) is 0 Å². The van der Waals surface area contributed by atoms with E-state index in [0.717, 1.165) is 30.4 Å². The number of hydrogen-bond donors (Lipinski definition) is 0. The van der Waals surface area contributed by atoms with Crippen molar-refractivity contribution in [3.05, 3.63) is 24.3 Å². The maximum Gasteiger partial charge on any atom is 0.143 e. The second kappa shape index (κ2) is 7.25. The van der Waals surface area contributed by atoms with E-state index >= 15 is 0 Å². The maximum absolute atomic E-state index is 11.0. The Morgan fingerprint density at radius 1 is 1.29 bits per heavy atom. The standard InChI is InChI=1S/C12H18O2/c1-10(2)5-4-6-11(3)9-12(14)7-8-13/h8H,1,3-7,9H2,2H3. The Bertz CT molecular complexity index is 239. The fourth-order valence-corrected chi connectivity index (χ4v) is 1.17. The Kier molecular flexibility index (Phi) is 6.63. The molecule has 0 N–H and O–H groups in total. The van der Waals surface area contributed by atoms with Crippen molar-refractivity contribution in [3.63, 3.8) is 0 Å². The van der Waals surface area contributed by atoms with Crippen LogP contribution in [0.2, 0.25) is 0 Å². The lowest BCUT2D eigenvalue weighted by atomic mass is 10.0. The molecule has 0 atom stereocenters. The highest BCUT2D eigenvalue weighted by atomic mass is 16.1. The van der Waals surface area contributed by atoms with Crippen LogP contribution in [0.25, 0.3) is 0 Å². The number of Topliss-reactive ketones (excluding diaryl/α,β-unsaturated/α-hetero) is 1. The molecule has 14 heavy (non-hydrogen) atoms. The summed E-state index contributed by atoms with van der Waals surface area (Å²) in [5.41, 5.74) is 2.06. The molecule has 78 valence electrons. The molecule has 0 saturated heterocycles. The van der Waals surface area contributed by atoms with Gasteiger partial charge in [0.15, 0.2) is 0 Å². The monoisotopic (exact) mass is 194 g/mol. The Balaban J connectivity index is 3.60. The SMILES string of the molecule is C=C(C)CCCC(=C)CC(=O)CC=O. The van der Waals surface area contributed by atoms with E-state index in [1.165, 1.54) is 0 Å². The van der Waals surface area contributed by atoms with Crippen LogP contribution in [0.1, 0.15) is 39.0 Å². The minimum absolute atomic E-state index is 0.0134. The van der Waals surface area contributed by atoms with Crippen LogP contribution in [0.5, 0.6) is 0 Å². The van der Waals surface area contributed by atoms with E-state index in [1.54, 1.807) is 0 Å². The molecular formula is C12H18O2. The summed E-state index contributed by atoms with van der Waals surface area (Å²) in [6.07, 6.45) is 3.80. The number of rotatable bonds is 8. The van der Waals surface area contributed by atoms with E-state index in [-0.39, 0.29) is 12.2 Å². The first-order valence-electron chi connectivity index (χ1n) is 4.82. The molecule has 0 bridgehead atoms. The van der Waals surface area contributed by atoms with Gasteiger partial charge in [-0.05, 0) is 26.2 Å². The molecule has 0 aliphatic carbocycles. The number of aldehydes is 1. The van der Waals surface area contributed by atoms with Crippen molar-refractivity contribution in [3.8, 4) is 0 Å². The topological polar surface area (TPSA) is 34.1 Å². The summed E-state index contributed by atoms with van der Waals surface area (Å²) in [6.45, 7) is 9.59. The first kappa shape index (κ1) is 12.8. The molecule has 0 aromatic carbocycles. The van der Waals surface area contributed by atoms with Gasteiger partial charge in [-0.25, -0.2) is 0 Å². The molecule has 0 aliphatic heterocycles. The van der Waals surface area contributed by atoms with Crippen molar-refractivity contribution in [2.45, 2.75) is 39.0 Å². The largest absolute Gasteiger partial charge is 0.303 e. The van der Waals surface area contributed by atoms with Gasteiger partial charge in [-0.1, -0.05) is 17.7 Å². The van der Waals surface area contributed by atoms with Crippen molar-refractivity contribution >= 4 is 12.1 Å². The number of ketones is 1. The third-order valence-corrected chi connectivity index (χ3v) is 1.89. The minimum Gasteiger partial charge on any atom is -0.303 e. The van der Waals surface area contributed by atoms with E-state index < -0.39 is 0 Å². The molecule has 0 heterocycles. The summed E-state index contributed by atoms with van der Waals surface area (Å²) in [5, 5.41) is 0. The van der Waals surface area contributed by atoms with Gasteiger partial charge in [-0.15, -0.1) is 6.58 Å². The van der Waals surface area contributed by atoms with Crippen molar-refractivity contribution in [1.82, 2.24) is 0 Å². The van der Waals surface area contributed by atoms with Crippen LogP contribution in [-0.2, 0) is 9.59 Å². The molecule has 0 radical (unpaired) electrons. The molecule has 0 rings (SSSR count). The first-order chi connectivity index (χ1) is 6.56. The van der Waals surface area contributed by atoms with E-state index in [1.807, 2.05) is 6.92 Å². The maximum atomic E-state index is 11.0. The average molecular weight is 194 g/mol. The fraction of sp³-hybridized carbons (Fsp3) is 0.500. The second-order valence-electron chi connectivity index (χ2n) is 3.65. The molecule has 0 amide bonds. The summed E-state index contributed by atoms with van der Waals surface area (Å²) in [5.74, 6) is -0.0414. The molecule has 0 aromatic heterocycles. The summed E-state index contributed by atoms with van der Waals surface area (Å²) in [4.78, 5) is 21.1. The zero-order chi connectivity index (χ0) is 11.0. The van der Waals surface area contributed by atoms with Gasteiger partial charge in [0.1, 0.15) is 12.1 Å². The van der Waals surface area contributed by atoms with Crippen LogP contribution < -0.4 is 0 Å². The smallest absolute Gasteiger partial charge is 0.143 e. The third-order valence-electron chi connectivity index (χ3n) is 1.89. The molecule has 0 saturated carbocycles. The summed E-state index contributed by atoms with van der Waals surface area (Å²) in [6, 6.07) is 0. The molecule has 0 spiro atoms.